The maximum atomic E-state index is 5.15. The second kappa shape index (κ2) is 8.19. The zero-order chi connectivity index (χ0) is 15.8. The first-order valence-corrected chi connectivity index (χ1v) is 7.21. The lowest BCUT2D eigenvalue weighted by atomic mass is 10.3. The zero-order valence-corrected chi connectivity index (χ0v) is 13.2. The Morgan fingerprint density at radius 2 is 1.77 bits per heavy atom. The topological polar surface area (TPSA) is 68.3 Å². The molecule has 0 fully saturated rings. The van der Waals surface area contributed by atoms with E-state index in [1.54, 1.807) is 14.2 Å². The highest BCUT2D eigenvalue weighted by Crippen LogP contribution is 2.20. The number of nitrogens with zero attached hydrogens (tertiary/aromatic N) is 2. The first-order chi connectivity index (χ1) is 10.7. The first-order valence-electron chi connectivity index (χ1n) is 7.21. The summed E-state index contributed by atoms with van der Waals surface area (Å²) in [5, 5.41) is 6.54. The maximum absolute atomic E-state index is 5.15. The molecule has 2 rings (SSSR count). The standard InChI is InChI=1S/C16H22N4O2/c1-12-18-15(17-9-4-10-21-2)11-16(19-12)20-13-5-7-14(22-3)8-6-13/h5-8,11H,4,9-10H2,1-3H3,(H2,17,18,19,20). The molecule has 0 aliphatic carbocycles. The fourth-order valence-electron chi connectivity index (χ4n) is 1.98. The van der Waals surface area contributed by atoms with Crippen LogP contribution in [0.5, 0.6) is 5.75 Å². The van der Waals surface area contributed by atoms with E-state index in [0.717, 1.165) is 42.6 Å². The third-order valence-electron chi connectivity index (χ3n) is 3.03. The summed E-state index contributed by atoms with van der Waals surface area (Å²) in [5.41, 5.74) is 0.948. The molecular weight excluding hydrogens is 280 g/mol. The van der Waals surface area contributed by atoms with Gasteiger partial charge in [0, 0.05) is 32.0 Å². The molecular formula is C16H22N4O2. The molecule has 0 aliphatic heterocycles. The van der Waals surface area contributed by atoms with Crippen molar-refractivity contribution >= 4 is 17.3 Å². The number of rotatable bonds is 8. The van der Waals surface area contributed by atoms with E-state index in [4.69, 9.17) is 9.47 Å². The van der Waals surface area contributed by atoms with Crippen LogP contribution in [0.3, 0.4) is 0 Å². The lowest BCUT2D eigenvalue weighted by Crippen LogP contribution is -2.08. The monoisotopic (exact) mass is 302 g/mol. The second-order valence-electron chi connectivity index (χ2n) is 4.81. The van der Waals surface area contributed by atoms with Gasteiger partial charge in [0.1, 0.15) is 23.2 Å². The van der Waals surface area contributed by atoms with Crippen LogP contribution in [0, 0.1) is 6.92 Å². The number of hydrogen-bond donors (Lipinski definition) is 2. The van der Waals surface area contributed by atoms with E-state index in [2.05, 4.69) is 20.6 Å². The third kappa shape index (κ3) is 4.89. The summed E-state index contributed by atoms with van der Waals surface area (Å²) in [6.45, 7) is 3.42. The molecule has 0 bridgehead atoms. The van der Waals surface area contributed by atoms with Crippen molar-refractivity contribution in [3.8, 4) is 5.75 Å². The van der Waals surface area contributed by atoms with Crippen molar-refractivity contribution < 1.29 is 9.47 Å². The minimum absolute atomic E-state index is 0.716. The lowest BCUT2D eigenvalue weighted by Gasteiger charge is -2.10. The van der Waals surface area contributed by atoms with E-state index >= 15 is 0 Å². The summed E-state index contributed by atoms with van der Waals surface area (Å²) in [7, 11) is 3.35. The Morgan fingerprint density at radius 1 is 1.05 bits per heavy atom. The van der Waals surface area contributed by atoms with Crippen molar-refractivity contribution in [2.45, 2.75) is 13.3 Å². The Kier molecular flexibility index (Phi) is 5.97. The van der Waals surface area contributed by atoms with Gasteiger partial charge in [-0.25, -0.2) is 9.97 Å². The summed E-state index contributed by atoms with van der Waals surface area (Å²) in [4.78, 5) is 8.78. The summed E-state index contributed by atoms with van der Waals surface area (Å²) in [5.74, 6) is 3.10. The largest absolute Gasteiger partial charge is 0.497 e. The predicted molar refractivity (Wildman–Crippen MR) is 88.0 cm³/mol. The highest BCUT2D eigenvalue weighted by molar-refractivity contribution is 5.59. The van der Waals surface area contributed by atoms with Crippen LogP contribution < -0.4 is 15.4 Å². The van der Waals surface area contributed by atoms with E-state index in [0.29, 0.717) is 5.82 Å². The molecule has 0 atom stereocenters. The Morgan fingerprint density at radius 3 is 2.45 bits per heavy atom. The molecule has 2 N–H and O–H groups in total. The van der Waals surface area contributed by atoms with Gasteiger partial charge in [0.15, 0.2) is 0 Å². The van der Waals surface area contributed by atoms with Gasteiger partial charge in [0.05, 0.1) is 7.11 Å². The molecule has 1 heterocycles. The quantitative estimate of drug-likeness (QED) is 0.731. The van der Waals surface area contributed by atoms with Crippen molar-refractivity contribution in [1.82, 2.24) is 9.97 Å². The van der Waals surface area contributed by atoms with Crippen LogP contribution in [-0.4, -0.2) is 37.3 Å². The first kappa shape index (κ1) is 16.0. The fourth-order valence-corrected chi connectivity index (χ4v) is 1.98. The second-order valence-corrected chi connectivity index (χ2v) is 4.81. The highest BCUT2D eigenvalue weighted by Gasteiger charge is 2.03. The molecule has 1 aromatic carbocycles. The maximum Gasteiger partial charge on any atom is 0.136 e. The Bertz CT molecular complexity index is 587. The van der Waals surface area contributed by atoms with Crippen molar-refractivity contribution in [2.75, 3.05) is 38.0 Å². The number of nitrogens with one attached hydrogen (secondary N) is 2. The van der Waals surface area contributed by atoms with Gasteiger partial charge in [-0.3, -0.25) is 0 Å². The smallest absolute Gasteiger partial charge is 0.136 e. The summed E-state index contributed by atoms with van der Waals surface area (Å²) in [6, 6.07) is 9.59. The van der Waals surface area contributed by atoms with Crippen molar-refractivity contribution in [2.24, 2.45) is 0 Å². The van der Waals surface area contributed by atoms with Crippen molar-refractivity contribution in [1.29, 1.82) is 0 Å². The van der Waals surface area contributed by atoms with Gasteiger partial charge in [-0.1, -0.05) is 0 Å². The van der Waals surface area contributed by atoms with Crippen LogP contribution in [0.1, 0.15) is 12.2 Å². The number of ether oxygens (including phenoxy) is 2. The van der Waals surface area contributed by atoms with Crippen molar-refractivity contribution in [3.63, 3.8) is 0 Å². The molecule has 0 saturated carbocycles. The van der Waals surface area contributed by atoms with E-state index in [9.17, 15) is 0 Å². The summed E-state index contributed by atoms with van der Waals surface area (Å²) in [6.07, 6.45) is 0.931. The Hall–Kier alpha value is -2.34. The van der Waals surface area contributed by atoms with Crippen molar-refractivity contribution in [3.05, 3.63) is 36.2 Å². The van der Waals surface area contributed by atoms with Crippen LogP contribution >= 0.6 is 0 Å². The van der Waals surface area contributed by atoms with E-state index < -0.39 is 0 Å². The van der Waals surface area contributed by atoms with E-state index in [-0.39, 0.29) is 0 Å². The number of hydrogen-bond acceptors (Lipinski definition) is 6. The Labute approximate surface area is 130 Å². The zero-order valence-electron chi connectivity index (χ0n) is 13.2. The molecule has 2 aromatic rings. The molecule has 0 radical (unpaired) electrons. The molecule has 0 spiro atoms. The SMILES string of the molecule is COCCCNc1cc(Nc2ccc(OC)cc2)nc(C)n1. The van der Waals surface area contributed by atoms with Gasteiger partial charge in [-0.2, -0.15) is 0 Å². The van der Waals surface area contributed by atoms with E-state index in [1.807, 2.05) is 37.3 Å². The summed E-state index contributed by atoms with van der Waals surface area (Å²) >= 11 is 0. The molecule has 0 unspecified atom stereocenters. The van der Waals surface area contributed by atoms with Crippen LogP contribution in [0.15, 0.2) is 30.3 Å². The van der Waals surface area contributed by atoms with Crippen LogP contribution in [-0.2, 0) is 4.74 Å². The van der Waals surface area contributed by atoms with Crippen LogP contribution in [0.4, 0.5) is 17.3 Å². The normalized spacial score (nSPS) is 10.3. The number of methoxy groups -OCH3 is 2. The number of aryl methyl sites for hydroxylation is 1. The average Bonchev–Trinajstić information content (AvgIpc) is 2.52. The van der Waals surface area contributed by atoms with Gasteiger partial charge < -0.3 is 20.1 Å². The third-order valence-corrected chi connectivity index (χ3v) is 3.03. The minimum atomic E-state index is 0.716. The number of benzene rings is 1. The van der Waals surface area contributed by atoms with Gasteiger partial charge in [0.25, 0.3) is 0 Å². The molecule has 22 heavy (non-hydrogen) atoms. The van der Waals surface area contributed by atoms with Gasteiger partial charge in [-0.15, -0.1) is 0 Å². The molecule has 0 amide bonds. The Balaban J connectivity index is 2.01. The molecule has 6 nitrogen and oxygen atoms in total. The van der Waals surface area contributed by atoms with Gasteiger partial charge >= 0.3 is 0 Å². The lowest BCUT2D eigenvalue weighted by molar-refractivity contribution is 0.198. The highest BCUT2D eigenvalue weighted by atomic mass is 16.5. The molecule has 6 heteroatoms. The molecule has 1 aromatic heterocycles. The summed E-state index contributed by atoms with van der Waals surface area (Å²) < 4.78 is 10.2. The average molecular weight is 302 g/mol. The van der Waals surface area contributed by atoms with Gasteiger partial charge in [-0.05, 0) is 37.6 Å². The molecule has 118 valence electrons. The van der Waals surface area contributed by atoms with Crippen LogP contribution in [0.2, 0.25) is 0 Å². The predicted octanol–water partition coefficient (Wildman–Crippen LogP) is 2.99. The minimum Gasteiger partial charge on any atom is -0.497 e. The molecule has 0 aliphatic rings. The van der Waals surface area contributed by atoms with E-state index in [1.165, 1.54) is 0 Å². The number of anilines is 3. The van der Waals surface area contributed by atoms with Gasteiger partial charge in [0.2, 0.25) is 0 Å². The number of aromatic nitrogens is 2. The molecule has 0 saturated heterocycles. The van der Waals surface area contributed by atoms with Crippen LogP contribution in [0.25, 0.3) is 0 Å². The fraction of sp³-hybridized carbons (Fsp3) is 0.375.